The van der Waals surface area contributed by atoms with Crippen LogP contribution in [0.4, 0.5) is 11.4 Å². The first-order valence-electron chi connectivity index (χ1n) is 5.36. The van der Waals surface area contributed by atoms with Crippen LogP contribution in [0, 0.1) is 11.3 Å². The van der Waals surface area contributed by atoms with E-state index in [4.69, 9.17) is 5.73 Å². The molecule has 17 heavy (non-hydrogen) atoms. The topological polar surface area (TPSA) is 55.1 Å². The molecule has 0 heterocycles. The number of nitrogen functional groups attached to an aromatic ring is 1. The number of anilines is 2. The summed E-state index contributed by atoms with van der Waals surface area (Å²) in [5.41, 5.74) is 7.22. The molecular formula is C12H14Br2N2O. The number of nitrogens with two attached hydrogens (primary N) is 1. The van der Waals surface area contributed by atoms with E-state index in [-0.39, 0.29) is 17.2 Å². The van der Waals surface area contributed by atoms with Gasteiger partial charge in [0.1, 0.15) is 0 Å². The van der Waals surface area contributed by atoms with Crippen LogP contribution in [0.1, 0.15) is 20.3 Å². The Bertz CT molecular complexity index is 462. The minimum Gasteiger partial charge on any atom is -0.397 e. The molecule has 0 aliphatic heterocycles. The van der Waals surface area contributed by atoms with Gasteiger partial charge in [0.2, 0.25) is 5.91 Å². The van der Waals surface area contributed by atoms with Gasteiger partial charge >= 0.3 is 0 Å². The van der Waals surface area contributed by atoms with Crippen molar-refractivity contribution in [2.75, 3.05) is 11.1 Å². The zero-order valence-corrected chi connectivity index (χ0v) is 12.9. The fourth-order valence-electron chi connectivity index (χ4n) is 1.85. The SMILES string of the molecule is CC1(C)CC1C(=O)Nc1c(N)cc(Br)cc1Br. The Morgan fingerprint density at radius 2 is 2.06 bits per heavy atom. The first-order chi connectivity index (χ1) is 7.81. The van der Waals surface area contributed by atoms with Gasteiger partial charge in [-0.3, -0.25) is 4.79 Å². The van der Waals surface area contributed by atoms with Crippen LogP contribution in [-0.2, 0) is 4.79 Å². The van der Waals surface area contributed by atoms with Crippen molar-refractivity contribution in [1.82, 2.24) is 0 Å². The second-order valence-corrected chi connectivity index (χ2v) is 6.86. The summed E-state index contributed by atoms with van der Waals surface area (Å²) >= 11 is 6.75. The largest absolute Gasteiger partial charge is 0.397 e. The average Bonchev–Trinajstić information content (AvgIpc) is 2.81. The van der Waals surface area contributed by atoms with E-state index in [0.717, 1.165) is 15.4 Å². The van der Waals surface area contributed by atoms with E-state index in [2.05, 4.69) is 51.0 Å². The number of benzene rings is 1. The molecule has 1 amide bonds. The molecular weight excluding hydrogens is 348 g/mol. The summed E-state index contributed by atoms with van der Waals surface area (Å²) in [4.78, 5) is 12.0. The fraction of sp³-hybridized carbons (Fsp3) is 0.417. The molecule has 1 aromatic rings. The van der Waals surface area contributed by atoms with Crippen molar-refractivity contribution in [3.8, 4) is 0 Å². The molecule has 1 aliphatic rings. The fourth-order valence-corrected chi connectivity index (χ4v) is 3.21. The maximum Gasteiger partial charge on any atom is 0.228 e. The van der Waals surface area contributed by atoms with Gasteiger partial charge in [0.15, 0.2) is 0 Å². The van der Waals surface area contributed by atoms with E-state index in [9.17, 15) is 4.79 Å². The van der Waals surface area contributed by atoms with E-state index < -0.39 is 0 Å². The quantitative estimate of drug-likeness (QED) is 0.787. The highest BCUT2D eigenvalue weighted by atomic mass is 79.9. The number of hydrogen-bond acceptors (Lipinski definition) is 2. The first-order valence-corrected chi connectivity index (χ1v) is 6.95. The highest BCUT2D eigenvalue weighted by Crippen LogP contribution is 2.52. The molecule has 1 fully saturated rings. The molecule has 0 aromatic heterocycles. The van der Waals surface area contributed by atoms with Crippen LogP contribution in [0.2, 0.25) is 0 Å². The molecule has 5 heteroatoms. The molecule has 1 saturated carbocycles. The lowest BCUT2D eigenvalue weighted by molar-refractivity contribution is -0.118. The molecule has 1 aliphatic carbocycles. The van der Waals surface area contributed by atoms with Gasteiger partial charge < -0.3 is 11.1 Å². The summed E-state index contributed by atoms with van der Waals surface area (Å²) in [6, 6.07) is 3.64. The van der Waals surface area contributed by atoms with Gasteiger partial charge in [0.25, 0.3) is 0 Å². The third-order valence-corrected chi connectivity index (χ3v) is 4.25. The summed E-state index contributed by atoms with van der Waals surface area (Å²) in [5.74, 6) is 0.141. The average molecular weight is 362 g/mol. The van der Waals surface area contributed by atoms with Crippen LogP contribution in [0.3, 0.4) is 0 Å². The van der Waals surface area contributed by atoms with Crippen LogP contribution in [0.15, 0.2) is 21.1 Å². The van der Waals surface area contributed by atoms with Crippen molar-refractivity contribution in [3.63, 3.8) is 0 Å². The van der Waals surface area contributed by atoms with Gasteiger partial charge in [-0.05, 0) is 39.9 Å². The number of halogens is 2. The first kappa shape index (κ1) is 12.9. The summed E-state index contributed by atoms with van der Waals surface area (Å²) in [6.07, 6.45) is 0.937. The van der Waals surface area contributed by atoms with E-state index in [1.807, 2.05) is 6.07 Å². The highest BCUT2D eigenvalue weighted by molar-refractivity contribution is 9.11. The predicted octanol–water partition coefficient (Wildman–Crippen LogP) is 3.78. The number of carbonyl (C=O) groups is 1. The van der Waals surface area contributed by atoms with Crippen molar-refractivity contribution >= 4 is 49.1 Å². The number of carbonyl (C=O) groups excluding carboxylic acids is 1. The maximum atomic E-state index is 12.0. The Morgan fingerprint density at radius 3 is 2.53 bits per heavy atom. The maximum absolute atomic E-state index is 12.0. The molecule has 3 nitrogen and oxygen atoms in total. The molecule has 0 bridgehead atoms. The van der Waals surface area contributed by atoms with Gasteiger partial charge in [-0.1, -0.05) is 29.8 Å². The lowest BCUT2D eigenvalue weighted by atomic mass is 10.1. The summed E-state index contributed by atoms with van der Waals surface area (Å²) in [5, 5.41) is 2.89. The lowest BCUT2D eigenvalue weighted by Crippen LogP contribution is -2.17. The number of hydrogen-bond donors (Lipinski definition) is 2. The minimum atomic E-state index is 0.0460. The van der Waals surface area contributed by atoms with Gasteiger partial charge in [-0.25, -0.2) is 0 Å². The Balaban J connectivity index is 2.17. The van der Waals surface area contributed by atoms with Crippen LogP contribution in [-0.4, -0.2) is 5.91 Å². The Labute approximate surface area is 117 Å². The Kier molecular flexibility index (Phi) is 3.25. The van der Waals surface area contributed by atoms with Crippen molar-refractivity contribution < 1.29 is 4.79 Å². The second-order valence-electron chi connectivity index (χ2n) is 5.09. The molecule has 92 valence electrons. The third-order valence-electron chi connectivity index (χ3n) is 3.16. The minimum absolute atomic E-state index is 0.0460. The normalized spacial score (nSPS) is 21.1. The molecule has 1 aromatic carbocycles. The molecule has 2 rings (SSSR count). The zero-order chi connectivity index (χ0) is 12.8. The van der Waals surface area contributed by atoms with Crippen LogP contribution in [0.5, 0.6) is 0 Å². The summed E-state index contributed by atoms with van der Waals surface area (Å²) < 4.78 is 1.67. The summed E-state index contributed by atoms with van der Waals surface area (Å²) in [6.45, 7) is 4.19. The van der Waals surface area contributed by atoms with E-state index in [1.54, 1.807) is 6.07 Å². The molecule has 0 spiro atoms. The van der Waals surface area contributed by atoms with Crippen molar-refractivity contribution in [2.45, 2.75) is 20.3 Å². The third kappa shape index (κ3) is 2.65. The zero-order valence-electron chi connectivity index (χ0n) is 9.68. The monoisotopic (exact) mass is 360 g/mol. The van der Waals surface area contributed by atoms with Crippen LogP contribution < -0.4 is 11.1 Å². The van der Waals surface area contributed by atoms with Crippen molar-refractivity contribution in [2.24, 2.45) is 11.3 Å². The highest BCUT2D eigenvalue weighted by Gasteiger charge is 2.50. The van der Waals surface area contributed by atoms with E-state index in [1.165, 1.54) is 0 Å². The predicted molar refractivity (Wildman–Crippen MR) is 76.8 cm³/mol. The van der Waals surface area contributed by atoms with Crippen molar-refractivity contribution in [1.29, 1.82) is 0 Å². The second kappa shape index (κ2) is 4.28. The standard InChI is InChI=1S/C12H14Br2N2O/c1-12(2)5-7(12)11(17)16-10-8(14)3-6(13)4-9(10)15/h3-4,7H,5,15H2,1-2H3,(H,16,17). The smallest absolute Gasteiger partial charge is 0.228 e. The van der Waals surface area contributed by atoms with E-state index >= 15 is 0 Å². The number of nitrogens with one attached hydrogen (secondary N) is 1. The molecule has 1 atom stereocenters. The Morgan fingerprint density at radius 1 is 1.47 bits per heavy atom. The molecule has 1 unspecified atom stereocenters. The molecule has 0 radical (unpaired) electrons. The summed E-state index contributed by atoms with van der Waals surface area (Å²) in [7, 11) is 0. The van der Waals surface area contributed by atoms with Gasteiger partial charge in [0.05, 0.1) is 11.4 Å². The Hall–Kier alpha value is -0.550. The van der Waals surface area contributed by atoms with Gasteiger partial charge in [-0.15, -0.1) is 0 Å². The molecule has 3 N–H and O–H groups in total. The molecule has 0 saturated heterocycles. The van der Waals surface area contributed by atoms with Gasteiger partial charge in [-0.2, -0.15) is 0 Å². The lowest BCUT2D eigenvalue weighted by Gasteiger charge is -2.11. The van der Waals surface area contributed by atoms with Crippen LogP contribution in [0.25, 0.3) is 0 Å². The van der Waals surface area contributed by atoms with E-state index in [0.29, 0.717) is 11.4 Å². The van der Waals surface area contributed by atoms with Gasteiger partial charge in [0, 0.05) is 14.9 Å². The van der Waals surface area contributed by atoms with Crippen molar-refractivity contribution in [3.05, 3.63) is 21.1 Å². The number of rotatable bonds is 2. The van der Waals surface area contributed by atoms with Crippen LogP contribution >= 0.6 is 31.9 Å². The number of amides is 1.